The SMILES string of the molecule is CCCNCC(C)(CCC)CN1CCCCC1CC. The maximum atomic E-state index is 3.66. The first-order valence-corrected chi connectivity index (χ1v) is 8.60. The maximum Gasteiger partial charge on any atom is 0.00928 e. The first-order chi connectivity index (χ1) is 9.15. The van der Waals surface area contributed by atoms with Crippen molar-refractivity contribution in [1.29, 1.82) is 0 Å². The van der Waals surface area contributed by atoms with E-state index in [1.807, 2.05) is 0 Å². The Labute approximate surface area is 121 Å². The van der Waals surface area contributed by atoms with Gasteiger partial charge in [-0.2, -0.15) is 0 Å². The lowest BCUT2D eigenvalue weighted by Crippen LogP contribution is -2.48. The second kappa shape index (κ2) is 8.97. The summed E-state index contributed by atoms with van der Waals surface area (Å²) in [5.74, 6) is 0. The number of rotatable bonds is 9. The molecule has 0 spiro atoms. The molecule has 1 heterocycles. The maximum absolute atomic E-state index is 3.66. The fourth-order valence-corrected chi connectivity index (χ4v) is 3.61. The van der Waals surface area contributed by atoms with Gasteiger partial charge in [-0.1, -0.05) is 40.5 Å². The van der Waals surface area contributed by atoms with Gasteiger partial charge in [0.2, 0.25) is 0 Å². The van der Waals surface area contributed by atoms with Crippen LogP contribution in [0.5, 0.6) is 0 Å². The van der Waals surface area contributed by atoms with Crippen molar-refractivity contribution in [3.8, 4) is 0 Å². The van der Waals surface area contributed by atoms with E-state index < -0.39 is 0 Å². The van der Waals surface area contributed by atoms with Crippen molar-refractivity contribution in [2.75, 3.05) is 26.2 Å². The highest BCUT2D eigenvalue weighted by Gasteiger charge is 2.30. The topological polar surface area (TPSA) is 15.3 Å². The van der Waals surface area contributed by atoms with Crippen LogP contribution in [-0.2, 0) is 0 Å². The van der Waals surface area contributed by atoms with Crippen LogP contribution in [0.15, 0.2) is 0 Å². The van der Waals surface area contributed by atoms with Crippen molar-refractivity contribution in [2.24, 2.45) is 5.41 Å². The summed E-state index contributed by atoms with van der Waals surface area (Å²) >= 11 is 0. The summed E-state index contributed by atoms with van der Waals surface area (Å²) in [5.41, 5.74) is 0.453. The Morgan fingerprint density at radius 3 is 2.58 bits per heavy atom. The van der Waals surface area contributed by atoms with E-state index in [0.29, 0.717) is 5.41 Å². The summed E-state index contributed by atoms with van der Waals surface area (Å²) in [5, 5.41) is 3.66. The molecule has 19 heavy (non-hydrogen) atoms. The van der Waals surface area contributed by atoms with Crippen LogP contribution in [0.4, 0.5) is 0 Å². The minimum atomic E-state index is 0.453. The zero-order valence-electron chi connectivity index (χ0n) is 13.8. The quantitative estimate of drug-likeness (QED) is 0.635. The Kier molecular flexibility index (Phi) is 8.01. The lowest BCUT2D eigenvalue weighted by Gasteiger charge is -2.42. The van der Waals surface area contributed by atoms with Crippen LogP contribution in [0, 0.1) is 5.41 Å². The minimum absolute atomic E-state index is 0.453. The highest BCUT2D eigenvalue weighted by molar-refractivity contribution is 4.85. The van der Waals surface area contributed by atoms with Crippen molar-refractivity contribution in [3.05, 3.63) is 0 Å². The van der Waals surface area contributed by atoms with Gasteiger partial charge in [0.1, 0.15) is 0 Å². The number of nitrogens with zero attached hydrogens (tertiary/aromatic N) is 1. The predicted molar refractivity (Wildman–Crippen MR) is 85.7 cm³/mol. The smallest absolute Gasteiger partial charge is 0.00928 e. The average Bonchev–Trinajstić information content (AvgIpc) is 2.40. The van der Waals surface area contributed by atoms with E-state index in [1.54, 1.807) is 0 Å². The molecule has 2 nitrogen and oxygen atoms in total. The molecule has 2 unspecified atom stereocenters. The number of piperidine rings is 1. The third-order valence-electron chi connectivity index (χ3n) is 4.64. The van der Waals surface area contributed by atoms with Gasteiger partial charge in [0, 0.05) is 19.1 Å². The van der Waals surface area contributed by atoms with Gasteiger partial charge in [-0.05, 0) is 50.6 Å². The van der Waals surface area contributed by atoms with Gasteiger partial charge in [-0.3, -0.25) is 4.90 Å². The molecular weight excluding hydrogens is 232 g/mol. The molecule has 1 saturated heterocycles. The Bertz CT molecular complexity index is 229. The van der Waals surface area contributed by atoms with E-state index in [4.69, 9.17) is 0 Å². The summed E-state index contributed by atoms with van der Waals surface area (Å²) < 4.78 is 0. The second-order valence-corrected chi connectivity index (χ2v) is 6.77. The van der Waals surface area contributed by atoms with Gasteiger partial charge < -0.3 is 5.32 Å². The summed E-state index contributed by atoms with van der Waals surface area (Å²) in [6.45, 7) is 14.4. The number of hydrogen-bond acceptors (Lipinski definition) is 2. The Morgan fingerprint density at radius 2 is 1.95 bits per heavy atom. The van der Waals surface area contributed by atoms with Crippen molar-refractivity contribution in [2.45, 2.75) is 78.7 Å². The molecule has 2 atom stereocenters. The Balaban J connectivity index is 2.54. The lowest BCUT2D eigenvalue weighted by molar-refractivity contribution is 0.0799. The van der Waals surface area contributed by atoms with E-state index in [1.165, 1.54) is 64.6 Å². The van der Waals surface area contributed by atoms with Crippen LogP contribution < -0.4 is 5.32 Å². The number of hydrogen-bond donors (Lipinski definition) is 1. The Morgan fingerprint density at radius 1 is 1.16 bits per heavy atom. The van der Waals surface area contributed by atoms with Crippen molar-refractivity contribution in [1.82, 2.24) is 10.2 Å². The summed E-state index contributed by atoms with van der Waals surface area (Å²) in [6, 6.07) is 0.844. The normalized spacial score (nSPS) is 24.3. The molecule has 0 aromatic carbocycles. The zero-order valence-corrected chi connectivity index (χ0v) is 13.8. The zero-order chi connectivity index (χ0) is 14.1. The molecule has 1 rings (SSSR count). The number of likely N-dealkylation sites (tertiary alicyclic amines) is 1. The fourth-order valence-electron chi connectivity index (χ4n) is 3.61. The first-order valence-electron chi connectivity index (χ1n) is 8.60. The van der Waals surface area contributed by atoms with Crippen molar-refractivity contribution < 1.29 is 0 Å². The van der Waals surface area contributed by atoms with Gasteiger partial charge in [-0.15, -0.1) is 0 Å². The van der Waals surface area contributed by atoms with Crippen molar-refractivity contribution >= 4 is 0 Å². The molecule has 0 saturated carbocycles. The van der Waals surface area contributed by atoms with Crippen molar-refractivity contribution in [3.63, 3.8) is 0 Å². The van der Waals surface area contributed by atoms with Crippen LogP contribution >= 0.6 is 0 Å². The molecule has 0 bridgehead atoms. The first kappa shape index (κ1) is 17.0. The van der Waals surface area contributed by atoms with Gasteiger partial charge in [0.25, 0.3) is 0 Å². The third-order valence-corrected chi connectivity index (χ3v) is 4.64. The van der Waals surface area contributed by atoms with E-state index in [2.05, 4.69) is 37.9 Å². The second-order valence-electron chi connectivity index (χ2n) is 6.77. The van der Waals surface area contributed by atoms with Gasteiger partial charge in [0.05, 0.1) is 0 Å². The summed E-state index contributed by atoms with van der Waals surface area (Å²) in [6.07, 6.45) is 9.47. The molecule has 2 heteroatoms. The molecule has 1 aliphatic rings. The molecule has 1 N–H and O–H groups in total. The summed E-state index contributed by atoms with van der Waals surface area (Å²) in [4.78, 5) is 2.78. The van der Waals surface area contributed by atoms with Crippen LogP contribution in [0.3, 0.4) is 0 Å². The summed E-state index contributed by atoms with van der Waals surface area (Å²) in [7, 11) is 0. The fraction of sp³-hybridized carbons (Fsp3) is 1.00. The van der Waals surface area contributed by atoms with Gasteiger partial charge in [0.15, 0.2) is 0 Å². The standard InChI is InChI=1S/C17H36N2/c1-5-11-17(4,14-18-12-6-2)15-19-13-9-8-10-16(19)7-3/h16,18H,5-15H2,1-4H3. The average molecular weight is 268 g/mol. The molecule has 0 aromatic rings. The largest absolute Gasteiger partial charge is 0.316 e. The highest BCUT2D eigenvalue weighted by atomic mass is 15.2. The molecule has 1 fully saturated rings. The van der Waals surface area contributed by atoms with E-state index in [-0.39, 0.29) is 0 Å². The lowest BCUT2D eigenvalue weighted by atomic mass is 9.83. The molecule has 0 aromatic heterocycles. The van der Waals surface area contributed by atoms with Crippen LogP contribution in [0.25, 0.3) is 0 Å². The van der Waals surface area contributed by atoms with Crippen LogP contribution in [0.1, 0.15) is 72.6 Å². The molecule has 114 valence electrons. The molecule has 0 amide bonds. The van der Waals surface area contributed by atoms with E-state index in [9.17, 15) is 0 Å². The third kappa shape index (κ3) is 5.83. The molecule has 0 radical (unpaired) electrons. The predicted octanol–water partition coefficient (Wildman–Crippen LogP) is 4.06. The molecular formula is C17H36N2. The van der Waals surface area contributed by atoms with Gasteiger partial charge in [-0.25, -0.2) is 0 Å². The van der Waals surface area contributed by atoms with Crippen LogP contribution in [-0.4, -0.2) is 37.1 Å². The molecule has 1 aliphatic heterocycles. The van der Waals surface area contributed by atoms with Crippen LogP contribution in [0.2, 0.25) is 0 Å². The molecule has 0 aliphatic carbocycles. The Hall–Kier alpha value is -0.0800. The monoisotopic (exact) mass is 268 g/mol. The van der Waals surface area contributed by atoms with E-state index >= 15 is 0 Å². The highest BCUT2D eigenvalue weighted by Crippen LogP contribution is 2.28. The van der Waals surface area contributed by atoms with E-state index in [0.717, 1.165) is 12.6 Å². The number of nitrogens with one attached hydrogen (secondary N) is 1. The van der Waals surface area contributed by atoms with Gasteiger partial charge >= 0.3 is 0 Å². The minimum Gasteiger partial charge on any atom is -0.316 e.